The second kappa shape index (κ2) is 7.97. The summed E-state index contributed by atoms with van der Waals surface area (Å²) >= 11 is 0. The lowest BCUT2D eigenvalue weighted by Gasteiger charge is -2.29. The molecule has 4 heteroatoms. The Morgan fingerprint density at radius 1 is 1.15 bits per heavy atom. The number of carbonyl (C=O) groups is 1. The number of benzene rings is 2. The molecule has 0 radical (unpaired) electrons. The molecule has 2 heterocycles. The maximum atomic E-state index is 12.5. The average molecular weight is 363 g/mol. The molecule has 0 saturated carbocycles. The third-order valence-electron chi connectivity index (χ3n) is 5.52. The minimum atomic E-state index is 0.0924. The Hall–Kier alpha value is -2.59. The van der Waals surface area contributed by atoms with Crippen molar-refractivity contribution < 1.29 is 14.1 Å². The van der Waals surface area contributed by atoms with Gasteiger partial charge in [-0.25, -0.2) is 0 Å². The van der Waals surface area contributed by atoms with Crippen molar-refractivity contribution in [1.82, 2.24) is 5.32 Å². The number of quaternary nitrogens is 1. The summed E-state index contributed by atoms with van der Waals surface area (Å²) in [6.45, 7) is 5.32. The molecule has 1 saturated heterocycles. The van der Waals surface area contributed by atoms with Crippen molar-refractivity contribution in [3.05, 3.63) is 71.5 Å². The van der Waals surface area contributed by atoms with E-state index in [4.69, 9.17) is 4.42 Å². The van der Waals surface area contributed by atoms with E-state index in [9.17, 15) is 4.79 Å². The van der Waals surface area contributed by atoms with Crippen LogP contribution >= 0.6 is 0 Å². The van der Waals surface area contributed by atoms with E-state index in [0.29, 0.717) is 6.42 Å². The number of rotatable bonds is 5. The molecule has 0 aliphatic carbocycles. The van der Waals surface area contributed by atoms with E-state index in [1.54, 1.807) is 11.2 Å². The van der Waals surface area contributed by atoms with E-state index >= 15 is 0 Å². The molecule has 3 aromatic rings. The molecule has 1 aliphatic rings. The van der Waals surface area contributed by atoms with E-state index in [2.05, 4.69) is 41.7 Å². The lowest BCUT2D eigenvalue weighted by atomic mass is 10.0. The zero-order valence-corrected chi connectivity index (χ0v) is 15.8. The van der Waals surface area contributed by atoms with Gasteiger partial charge in [-0.3, -0.25) is 4.79 Å². The molecule has 1 aliphatic heterocycles. The molecule has 140 valence electrons. The highest BCUT2D eigenvalue weighted by Crippen LogP contribution is 2.22. The largest absolute Gasteiger partial charge is 0.464 e. The van der Waals surface area contributed by atoms with Crippen LogP contribution in [0.4, 0.5) is 0 Å². The van der Waals surface area contributed by atoms with Crippen molar-refractivity contribution in [3.63, 3.8) is 0 Å². The Morgan fingerprint density at radius 3 is 2.70 bits per heavy atom. The molecule has 1 fully saturated rings. The van der Waals surface area contributed by atoms with Crippen LogP contribution in [-0.4, -0.2) is 25.0 Å². The number of amides is 1. The fourth-order valence-electron chi connectivity index (χ4n) is 4.01. The summed E-state index contributed by atoms with van der Waals surface area (Å²) in [5.74, 6) is 0.0924. The van der Waals surface area contributed by atoms with Crippen LogP contribution < -0.4 is 10.2 Å². The van der Waals surface area contributed by atoms with Crippen molar-refractivity contribution in [2.45, 2.75) is 38.8 Å². The van der Waals surface area contributed by atoms with E-state index < -0.39 is 0 Å². The van der Waals surface area contributed by atoms with Gasteiger partial charge in [-0.15, -0.1) is 0 Å². The first kappa shape index (κ1) is 17.8. The smallest absolute Gasteiger partial charge is 0.224 e. The summed E-state index contributed by atoms with van der Waals surface area (Å²) in [4.78, 5) is 14.1. The van der Waals surface area contributed by atoms with Crippen LogP contribution in [0.5, 0.6) is 0 Å². The Bertz CT molecular complexity index is 909. The first-order valence-electron chi connectivity index (χ1n) is 9.81. The SMILES string of the molecule is Cc1ccc2c(CC(=O)NC3CC[NH+](Cc4ccccc4)CC3)coc2c1. The van der Waals surface area contributed by atoms with Gasteiger partial charge in [0.15, 0.2) is 0 Å². The number of likely N-dealkylation sites (tertiary alicyclic amines) is 1. The van der Waals surface area contributed by atoms with E-state index in [1.165, 1.54) is 5.56 Å². The van der Waals surface area contributed by atoms with Gasteiger partial charge in [0.05, 0.1) is 25.8 Å². The fourth-order valence-corrected chi connectivity index (χ4v) is 4.01. The van der Waals surface area contributed by atoms with Crippen LogP contribution in [0.25, 0.3) is 11.0 Å². The molecule has 1 amide bonds. The van der Waals surface area contributed by atoms with Crippen LogP contribution in [0.3, 0.4) is 0 Å². The molecule has 0 unspecified atom stereocenters. The van der Waals surface area contributed by atoms with Gasteiger partial charge in [0, 0.05) is 35.4 Å². The van der Waals surface area contributed by atoms with E-state index in [1.807, 2.05) is 19.1 Å². The van der Waals surface area contributed by atoms with Crippen LogP contribution in [0, 0.1) is 6.92 Å². The third kappa shape index (κ3) is 4.40. The highest BCUT2D eigenvalue weighted by molar-refractivity contribution is 5.88. The molecule has 0 bridgehead atoms. The summed E-state index contributed by atoms with van der Waals surface area (Å²) in [6, 6.07) is 17.1. The number of nitrogens with one attached hydrogen (secondary N) is 2. The topological polar surface area (TPSA) is 46.7 Å². The number of hydrogen-bond acceptors (Lipinski definition) is 2. The molecule has 4 rings (SSSR count). The number of piperidine rings is 1. The van der Waals surface area contributed by atoms with E-state index in [0.717, 1.165) is 54.6 Å². The quantitative estimate of drug-likeness (QED) is 0.732. The molecule has 27 heavy (non-hydrogen) atoms. The van der Waals surface area contributed by atoms with Gasteiger partial charge >= 0.3 is 0 Å². The van der Waals surface area contributed by atoms with Crippen molar-refractivity contribution in [2.24, 2.45) is 0 Å². The van der Waals surface area contributed by atoms with Crippen LogP contribution in [0.2, 0.25) is 0 Å². The van der Waals surface area contributed by atoms with Crippen LogP contribution in [-0.2, 0) is 17.8 Å². The Labute approximate surface area is 160 Å². The minimum absolute atomic E-state index is 0.0924. The molecule has 2 aromatic carbocycles. The van der Waals surface area contributed by atoms with Gasteiger partial charge in [0.2, 0.25) is 5.91 Å². The number of aryl methyl sites for hydroxylation is 1. The lowest BCUT2D eigenvalue weighted by molar-refractivity contribution is -0.918. The molecule has 1 aromatic heterocycles. The summed E-state index contributed by atoms with van der Waals surface area (Å²) in [6.07, 6.45) is 4.18. The molecule has 4 nitrogen and oxygen atoms in total. The van der Waals surface area contributed by atoms with Gasteiger partial charge in [-0.2, -0.15) is 0 Å². The number of fused-ring (bicyclic) bond motifs is 1. The summed E-state index contributed by atoms with van der Waals surface area (Å²) in [7, 11) is 0. The van der Waals surface area contributed by atoms with Crippen LogP contribution in [0.1, 0.15) is 29.5 Å². The second-order valence-corrected chi connectivity index (χ2v) is 7.69. The average Bonchev–Trinajstić information content (AvgIpc) is 3.06. The van der Waals surface area contributed by atoms with Crippen LogP contribution in [0.15, 0.2) is 59.2 Å². The monoisotopic (exact) mass is 363 g/mol. The van der Waals surface area contributed by atoms with E-state index in [-0.39, 0.29) is 11.9 Å². The summed E-state index contributed by atoms with van der Waals surface area (Å²) in [5, 5.41) is 4.26. The molecule has 0 spiro atoms. The minimum Gasteiger partial charge on any atom is -0.464 e. The number of hydrogen-bond donors (Lipinski definition) is 2. The zero-order chi connectivity index (χ0) is 18.6. The Morgan fingerprint density at radius 2 is 1.93 bits per heavy atom. The second-order valence-electron chi connectivity index (χ2n) is 7.69. The molecule has 2 N–H and O–H groups in total. The maximum Gasteiger partial charge on any atom is 0.224 e. The van der Waals surface area contributed by atoms with Gasteiger partial charge in [0.25, 0.3) is 0 Å². The highest BCUT2D eigenvalue weighted by Gasteiger charge is 2.23. The maximum absolute atomic E-state index is 12.5. The molecule has 0 atom stereocenters. The molecular formula is C23H27N2O2+. The summed E-state index contributed by atoms with van der Waals surface area (Å²) < 4.78 is 5.61. The number of carbonyl (C=O) groups excluding carboxylic acids is 1. The first-order chi connectivity index (χ1) is 13.2. The Kier molecular flexibility index (Phi) is 5.26. The van der Waals surface area contributed by atoms with Gasteiger partial charge in [-0.05, 0) is 18.6 Å². The predicted molar refractivity (Wildman–Crippen MR) is 107 cm³/mol. The molecular weight excluding hydrogens is 336 g/mol. The van der Waals surface area contributed by atoms with Crippen molar-refractivity contribution in [2.75, 3.05) is 13.1 Å². The Balaban J connectivity index is 1.28. The normalized spacial score (nSPS) is 19.9. The van der Waals surface area contributed by atoms with Gasteiger partial charge < -0.3 is 14.6 Å². The third-order valence-corrected chi connectivity index (χ3v) is 5.52. The lowest BCUT2D eigenvalue weighted by Crippen LogP contribution is -3.12. The van der Waals surface area contributed by atoms with Gasteiger partial charge in [0.1, 0.15) is 12.1 Å². The predicted octanol–water partition coefficient (Wildman–Crippen LogP) is 2.65. The van der Waals surface area contributed by atoms with Gasteiger partial charge in [-0.1, -0.05) is 42.5 Å². The standard InChI is InChI=1S/C23H26N2O2/c1-17-7-8-21-19(16-27-22(21)13-17)14-23(26)24-20-9-11-25(12-10-20)15-18-5-3-2-4-6-18/h2-8,13,16,20H,9-12,14-15H2,1H3,(H,24,26)/p+1. The van der Waals surface area contributed by atoms with Crippen molar-refractivity contribution >= 4 is 16.9 Å². The number of furan rings is 1. The first-order valence-corrected chi connectivity index (χ1v) is 9.81. The van der Waals surface area contributed by atoms with Crippen molar-refractivity contribution in [1.29, 1.82) is 0 Å². The fraction of sp³-hybridized carbons (Fsp3) is 0.348. The summed E-state index contributed by atoms with van der Waals surface area (Å²) in [5.41, 5.74) is 4.37. The van der Waals surface area contributed by atoms with Crippen molar-refractivity contribution in [3.8, 4) is 0 Å². The zero-order valence-electron chi connectivity index (χ0n) is 15.8. The highest BCUT2D eigenvalue weighted by atomic mass is 16.3.